The molecule has 1 atom stereocenters. The number of rotatable bonds is 5. The number of hydrogen-bond donors (Lipinski definition) is 1. The van der Waals surface area contributed by atoms with E-state index in [-0.39, 0.29) is 11.3 Å². The van der Waals surface area contributed by atoms with Gasteiger partial charge >= 0.3 is 0 Å². The van der Waals surface area contributed by atoms with Crippen LogP contribution in [0, 0.1) is 11.3 Å². The number of aliphatic hydroxyl groups is 1. The molecule has 124 valence electrons. The minimum Gasteiger partial charge on any atom is -0.389 e. The molecule has 1 aliphatic rings. The highest BCUT2D eigenvalue weighted by Gasteiger charge is 2.26. The van der Waals surface area contributed by atoms with Gasteiger partial charge in [0.25, 0.3) is 0 Å². The van der Waals surface area contributed by atoms with E-state index < -0.39 is 5.60 Å². The van der Waals surface area contributed by atoms with E-state index >= 15 is 0 Å². The van der Waals surface area contributed by atoms with Gasteiger partial charge in [0.2, 0.25) is 5.91 Å². The number of amides is 1. The van der Waals surface area contributed by atoms with Gasteiger partial charge in [0.15, 0.2) is 0 Å². The normalized spacial score (nSPS) is 19.7. The van der Waals surface area contributed by atoms with Crippen LogP contribution in [-0.4, -0.2) is 59.1 Å². The van der Waals surface area contributed by atoms with Gasteiger partial charge in [-0.2, -0.15) is 0 Å². The van der Waals surface area contributed by atoms with Crippen LogP contribution in [0.3, 0.4) is 0 Å². The molecular formula is C17H34N2O2. The number of β-amino-alcohol motifs (C(OH)–C–C–N with tert-alkyl or cyclic N) is 1. The Labute approximate surface area is 130 Å². The Kier molecular flexibility index (Phi) is 6.23. The third kappa shape index (κ3) is 7.82. The highest BCUT2D eigenvalue weighted by Crippen LogP contribution is 2.26. The topological polar surface area (TPSA) is 43.8 Å². The molecule has 1 saturated heterocycles. The van der Waals surface area contributed by atoms with Gasteiger partial charge in [-0.3, -0.25) is 9.69 Å². The predicted molar refractivity (Wildman–Crippen MR) is 87.2 cm³/mol. The van der Waals surface area contributed by atoms with E-state index in [1.165, 1.54) is 0 Å². The van der Waals surface area contributed by atoms with Crippen LogP contribution in [0.2, 0.25) is 0 Å². The summed E-state index contributed by atoms with van der Waals surface area (Å²) >= 11 is 0. The van der Waals surface area contributed by atoms with E-state index in [2.05, 4.69) is 32.6 Å². The molecule has 1 fully saturated rings. The van der Waals surface area contributed by atoms with E-state index in [1.54, 1.807) is 0 Å². The van der Waals surface area contributed by atoms with Crippen molar-refractivity contribution in [2.75, 3.05) is 32.7 Å². The van der Waals surface area contributed by atoms with Crippen molar-refractivity contribution in [1.29, 1.82) is 0 Å². The quantitative estimate of drug-likeness (QED) is 0.847. The first-order valence-corrected chi connectivity index (χ1v) is 8.19. The van der Waals surface area contributed by atoms with Gasteiger partial charge in [0.05, 0.1) is 5.60 Å². The first kappa shape index (κ1) is 18.4. The lowest BCUT2D eigenvalue weighted by atomic mass is 9.84. The molecule has 1 rings (SSSR count). The molecule has 1 unspecified atom stereocenters. The van der Waals surface area contributed by atoms with Crippen LogP contribution >= 0.6 is 0 Å². The van der Waals surface area contributed by atoms with Gasteiger partial charge in [-0.05, 0) is 31.6 Å². The molecule has 4 nitrogen and oxygen atoms in total. The summed E-state index contributed by atoms with van der Waals surface area (Å²) in [5.41, 5.74) is -0.376. The molecule has 1 heterocycles. The van der Waals surface area contributed by atoms with E-state index in [9.17, 15) is 9.90 Å². The number of nitrogens with zero attached hydrogens (tertiary/aromatic N) is 2. The summed E-state index contributed by atoms with van der Waals surface area (Å²) in [6, 6.07) is 0. The molecule has 4 heteroatoms. The van der Waals surface area contributed by atoms with Crippen LogP contribution in [0.15, 0.2) is 0 Å². The molecule has 0 aromatic rings. The number of carbonyl (C=O) groups is 1. The van der Waals surface area contributed by atoms with Crippen LogP contribution in [0.1, 0.15) is 54.4 Å². The second kappa shape index (κ2) is 7.10. The maximum Gasteiger partial charge on any atom is 0.222 e. The molecule has 0 spiro atoms. The Morgan fingerprint density at radius 2 is 1.62 bits per heavy atom. The SMILES string of the molecule is CC(CC(=O)N1CCN(CC(C)(C)O)CC1)CC(C)(C)C. The lowest BCUT2D eigenvalue weighted by molar-refractivity contribution is -0.134. The Hall–Kier alpha value is -0.610. The van der Waals surface area contributed by atoms with Crippen molar-refractivity contribution in [2.24, 2.45) is 11.3 Å². The first-order chi connectivity index (χ1) is 9.46. The molecule has 1 amide bonds. The molecular weight excluding hydrogens is 264 g/mol. The van der Waals surface area contributed by atoms with Crippen LogP contribution in [0.5, 0.6) is 0 Å². The Balaban J connectivity index is 2.35. The molecule has 1 N–H and O–H groups in total. The van der Waals surface area contributed by atoms with Gasteiger partial charge < -0.3 is 10.0 Å². The average molecular weight is 298 g/mol. The zero-order valence-corrected chi connectivity index (χ0v) is 14.8. The largest absolute Gasteiger partial charge is 0.389 e. The zero-order valence-electron chi connectivity index (χ0n) is 14.8. The fourth-order valence-electron chi connectivity index (χ4n) is 3.25. The maximum absolute atomic E-state index is 12.3. The monoisotopic (exact) mass is 298 g/mol. The van der Waals surface area contributed by atoms with E-state index in [1.807, 2.05) is 18.7 Å². The van der Waals surface area contributed by atoms with Gasteiger partial charge in [-0.15, -0.1) is 0 Å². The first-order valence-electron chi connectivity index (χ1n) is 8.19. The molecule has 0 bridgehead atoms. The molecule has 0 aromatic carbocycles. The van der Waals surface area contributed by atoms with Crippen molar-refractivity contribution in [2.45, 2.75) is 60.0 Å². The third-order valence-corrected chi connectivity index (χ3v) is 3.82. The molecule has 21 heavy (non-hydrogen) atoms. The standard InChI is InChI=1S/C17H34N2O2/c1-14(12-16(2,3)4)11-15(20)19-9-7-18(8-10-19)13-17(5,6)21/h14,21H,7-13H2,1-6H3. The van der Waals surface area contributed by atoms with E-state index in [4.69, 9.17) is 0 Å². The summed E-state index contributed by atoms with van der Waals surface area (Å²) in [5, 5.41) is 9.85. The van der Waals surface area contributed by atoms with Gasteiger partial charge in [0, 0.05) is 39.1 Å². The minimum atomic E-state index is -0.659. The number of hydrogen-bond acceptors (Lipinski definition) is 3. The van der Waals surface area contributed by atoms with Crippen molar-refractivity contribution >= 4 is 5.91 Å². The van der Waals surface area contributed by atoms with E-state index in [0.717, 1.165) is 32.6 Å². The smallest absolute Gasteiger partial charge is 0.222 e. The molecule has 0 saturated carbocycles. The Bertz CT molecular complexity index is 334. The molecule has 0 aromatic heterocycles. The summed E-state index contributed by atoms with van der Waals surface area (Å²) in [6.45, 7) is 16.5. The Morgan fingerprint density at radius 1 is 1.10 bits per heavy atom. The summed E-state index contributed by atoms with van der Waals surface area (Å²) < 4.78 is 0. The lowest BCUT2D eigenvalue weighted by Gasteiger charge is -2.37. The third-order valence-electron chi connectivity index (χ3n) is 3.82. The van der Waals surface area contributed by atoms with Crippen LogP contribution in [0.25, 0.3) is 0 Å². The van der Waals surface area contributed by atoms with Crippen LogP contribution in [-0.2, 0) is 4.79 Å². The van der Waals surface area contributed by atoms with Crippen molar-refractivity contribution in [1.82, 2.24) is 9.80 Å². The highest BCUT2D eigenvalue weighted by molar-refractivity contribution is 5.76. The summed E-state index contributed by atoms with van der Waals surface area (Å²) in [6.07, 6.45) is 1.74. The summed E-state index contributed by atoms with van der Waals surface area (Å²) in [7, 11) is 0. The number of carbonyl (C=O) groups excluding carboxylic acids is 1. The van der Waals surface area contributed by atoms with Crippen molar-refractivity contribution in [3.05, 3.63) is 0 Å². The van der Waals surface area contributed by atoms with Crippen molar-refractivity contribution in [3.8, 4) is 0 Å². The van der Waals surface area contributed by atoms with Crippen molar-refractivity contribution < 1.29 is 9.90 Å². The van der Waals surface area contributed by atoms with Gasteiger partial charge in [-0.1, -0.05) is 27.7 Å². The van der Waals surface area contributed by atoms with Crippen LogP contribution in [0.4, 0.5) is 0 Å². The van der Waals surface area contributed by atoms with Crippen LogP contribution < -0.4 is 0 Å². The highest BCUT2D eigenvalue weighted by atomic mass is 16.3. The second-order valence-electron chi connectivity index (χ2n) is 8.54. The maximum atomic E-state index is 12.3. The molecule has 1 aliphatic heterocycles. The minimum absolute atomic E-state index is 0.283. The van der Waals surface area contributed by atoms with Crippen molar-refractivity contribution in [3.63, 3.8) is 0 Å². The fourth-order valence-corrected chi connectivity index (χ4v) is 3.25. The number of piperazine rings is 1. The summed E-state index contributed by atoms with van der Waals surface area (Å²) in [5.74, 6) is 0.724. The zero-order chi connectivity index (χ0) is 16.3. The summed E-state index contributed by atoms with van der Waals surface area (Å²) in [4.78, 5) is 16.6. The molecule has 0 radical (unpaired) electrons. The lowest BCUT2D eigenvalue weighted by Crippen LogP contribution is -2.52. The molecule has 0 aliphatic carbocycles. The second-order valence-corrected chi connectivity index (χ2v) is 8.54. The average Bonchev–Trinajstić information content (AvgIpc) is 2.24. The van der Waals surface area contributed by atoms with Gasteiger partial charge in [-0.25, -0.2) is 0 Å². The van der Waals surface area contributed by atoms with Gasteiger partial charge in [0.1, 0.15) is 0 Å². The predicted octanol–water partition coefficient (Wildman–Crippen LogP) is 2.36. The van der Waals surface area contributed by atoms with E-state index in [0.29, 0.717) is 18.9 Å². The Morgan fingerprint density at radius 3 is 2.05 bits per heavy atom. The fraction of sp³-hybridized carbons (Fsp3) is 0.941.